The molecular weight excluding hydrogens is 507 g/mol. The van der Waals surface area contributed by atoms with Crippen LogP contribution in [0.15, 0.2) is 41.7 Å². The van der Waals surface area contributed by atoms with Crippen molar-refractivity contribution in [1.29, 1.82) is 0 Å². The largest absolute Gasteiger partial charge is 0.355 e. The van der Waals surface area contributed by atoms with E-state index in [1.54, 1.807) is 20.4 Å². The number of nitrogens with zero attached hydrogens (tertiary/aromatic N) is 6. The number of halogens is 2. The Hall–Kier alpha value is -3.46. The Labute approximate surface area is 226 Å². The molecule has 0 N–H and O–H groups in total. The van der Waals surface area contributed by atoms with Crippen molar-refractivity contribution in [3.63, 3.8) is 0 Å². The monoisotopic (exact) mass is 538 g/mol. The first kappa shape index (κ1) is 26.2. The Morgan fingerprint density at radius 1 is 1.13 bits per heavy atom. The van der Waals surface area contributed by atoms with Gasteiger partial charge in [-0.25, -0.2) is 18.7 Å². The summed E-state index contributed by atoms with van der Waals surface area (Å²) in [6, 6.07) is 7.71. The van der Waals surface area contributed by atoms with Crippen LogP contribution in [0, 0.1) is 0 Å². The number of hydrogen-bond donors (Lipinski definition) is 0. The molecule has 2 fully saturated rings. The number of hydrogen-bond acceptors (Lipinski definition) is 6. The molecule has 0 unspecified atom stereocenters. The molecule has 1 atom stereocenters. The summed E-state index contributed by atoms with van der Waals surface area (Å²) >= 11 is 6.72. The van der Waals surface area contributed by atoms with E-state index in [2.05, 4.69) is 25.4 Å². The third-order valence-corrected chi connectivity index (χ3v) is 7.77. The van der Waals surface area contributed by atoms with Crippen molar-refractivity contribution < 1.29 is 9.18 Å². The van der Waals surface area contributed by atoms with Crippen molar-refractivity contribution in [1.82, 2.24) is 19.4 Å². The SMILES string of the molecule is C=CC(=O)N1CCN(c2nc(=O)n(-c3c(CC)cccc3CC)c3nc(N4CC(F)C4)c(Cl)cc23)[C@@H](C)C1. The molecule has 0 bridgehead atoms. The van der Waals surface area contributed by atoms with Crippen LogP contribution in [0.4, 0.5) is 16.0 Å². The summed E-state index contributed by atoms with van der Waals surface area (Å²) < 4.78 is 15.3. The predicted octanol–water partition coefficient (Wildman–Crippen LogP) is 3.94. The molecule has 38 heavy (non-hydrogen) atoms. The number of piperazine rings is 1. The second-order valence-electron chi connectivity index (χ2n) is 9.88. The summed E-state index contributed by atoms with van der Waals surface area (Å²) in [5.74, 6) is 0.822. The van der Waals surface area contributed by atoms with Crippen LogP contribution in [0.1, 0.15) is 31.9 Å². The van der Waals surface area contributed by atoms with Gasteiger partial charge >= 0.3 is 5.69 Å². The second-order valence-corrected chi connectivity index (χ2v) is 10.3. The zero-order chi connectivity index (χ0) is 27.1. The van der Waals surface area contributed by atoms with E-state index in [1.165, 1.54) is 6.08 Å². The lowest BCUT2D eigenvalue weighted by molar-refractivity contribution is -0.126. The smallest absolute Gasteiger partial charge is 0.350 e. The average molecular weight is 539 g/mol. The highest BCUT2D eigenvalue weighted by atomic mass is 35.5. The molecule has 4 heterocycles. The number of rotatable bonds is 6. The van der Waals surface area contributed by atoms with Crippen LogP contribution in [0.5, 0.6) is 0 Å². The van der Waals surface area contributed by atoms with Gasteiger partial charge in [0.05, 0.1) is 29.2 Å². The highest BCUT2D eigenvalue weighted by Crippen LogP contribution is 2.36. The number of pyridine rings is 1. The van der Waals surface area contributed by atoms with Crippen LogP contribution in [-0.4, -0.2) is 70.3 Å². The summed E-state index contributed by atoms with van der Waals surface area (Å²) in [6.07, 6.45) is 1.84. The first-order valence-electron chi connectivity index (χ1n) is 13.1. The Morgan fingerprint density at radius 2 is 1.82 bits per heavy atom. The summed E-state index contributed by atoms with van der Waals surface area (Å²) in [5, 5.41) is 1.02. The molecule has 8 nitrogen and oxygen atoms in total. The first-order chi connectivity index (χ1) is 18.3. The lowest BCUT2D eigenvalue weighted by Crippen LogP contribution is -2.54. The molecule has 0 saturated carbocycles. The van der Waals surface area contributed by atoms with Gasteiger partial charge < -0.3 is 14.7 Å². The van der Waals surface area contributed by atoms with Crippen LogP contribution >= 0.6 is 11.6 Å². The number of fused-ring (bicyclic) bond motifs is 1. The number of benzene rings is 1. The van der Waals surface area contributed by atoms with Crippen molar-refractivity contribution >= 4 is 40.2 Å². The van der Waals surface area contributed by atoms with E-state index in [9.17, 15) is 14.0 Å². The van der Waals surface area contributed by atoms with Gasteiger partial charge in [-0.15, -0.1) is 0 Å². The summed E-state index contributed by atoms with van der Waals surface area (Å²) in [5.41, 5.74) is 2.81. The third-order valence-electron chi connectivity index (χ3n) is 7.49. The van der Waals surface area contributed by atoms with Crippen LogP contribution in [0.3, 0.4) is 0 Å². The van der Waals surface area contributed by atoms with E-state index in [0.29, 0.717) is 47.3 Å². The van der Waals surface area contributed by atoms with Gasteiger partial charge in [0.15, 0.2) is 5.65 Å². The van der Waals surface area contributed by atoms with Gasteiger partial charge in [-0.2, -0.15) is 4.98 Å². The van der Waals surface area contributed by atoms with E-state index in [-0.39, 0.29) is 25.0 Å². The number of anilines is 2. The van der Waals surface area contributed by atoms with E-state index in [4.69, 9.17) is 16.6 Å². The number of amides is 1. The van der Waals surface area contributed by atoms with Crippen molar-refractivity contribution in [3.8, 4) is 5.69 Å². The van der Waals surface area contributed by atoms with Crippen LogP contribution in [-0.2, 0) is 17.6 Å². The fourth-order valence-electron chi connectivity index (χ4n) is 5.44. The highest BCUT2D eigenvalue weighted by molar-refractivity contribution is 6.33. The fourth-order valence-corrected chi connectivity index (χ4v) is 5.71. The molecule has 1 aromatic carbocycles. The third kappa shape index (κ3) is 4.42. The lowest BCUT2D eigenvalue weighted by Gasteiger charge is -2.40. The van der Waals surface area contributed by atoms with Gasteiger partial charge in [0.2, 0.25) is 5.91 Å². The molecule has 10 heteroatoms. The van der Waals surface area contributed by atoms with Crippen molar-refractivity contribution in [2.24, 2.45) is 0 Å². The number of aromatic nitrogens is 3. The van der Waals surface area contributed by atoms with Crippen LogP contribution < -0.4 is 15.5 Å². The molecule has 3 aromatic rings. The topological polar surface area (TPSA) is 74.6 Å². The molecule has 2 aliphatic rings. The number of para-hydroxylation sites is 1. The van der Waals surface area contributed by atoms with E-state index in [0.717, 1.165) is 29.7 Å². The zero-order valence-electron chi connectivity index (χ0n) is 22.0. The summed E-state index contributed by atoms with van der Waals surface area (Å²) in [6.45, 7) is 11.6. The van der Waals surface area contributed by atoms with Crippen molar-refractivity contribution in [2.75, 3.05) is 42.5 Å². The van der Waals surface area contributed by atoms with Gasteiger partial charge in [0, 0.05) is 25.7 Å². The Bertz CT molecular complexity index is 1450. The maximum atomic E-state index is 13.9. The van der Waals surface area contributed by atoms with E-state index < -0.39 is 11.9 Å². The maximum Gasteiger partial charge on any atom is 0.355 e. The second kappa shape index (κ2) is 10.4. The molecule has 0 radical (unpaired) electrons. The quantitative estimate of drug-likeness (QED) is 0.443. The molecule has 200 valence electrons. The van der Waals surface area contributed by atoms with Gasteiger partial charge in [0.1, 0.15) is 17.8 Å². The minimum Gasteiger partial charge on any atom is -0.350 e. The van der Waals surface area contributed by atoms with Gasteiger partial charge in [0.25, 0.3) is 0 Å². The molecule has 5 rings (SSSR count). The summed E-state index contributed by atoms with van der Waals surface area (Å²) in [7, 11) is 0. The van der Waals surface area contributed by atoms with Gasteiger partial charge in [-0.1, -0.05) is 50.2 Å². The number of carbonyl (C=O) groups is 1. The molecular formula is C28H32ClFN6O2. The minimum atomic E-state index is -0.929. The molecule has 2 aliphatic heterocycles. The Kier molecular flexibility index (Phi) is 7.13. The zero-order valence-corrected chi connectivity index (χ0v) is 22.7. The normalized spacial score (nSPS) is 18.1. The van der Waals surface area contributed by atoms with Crippen LogP contribution in [0.25, 0.3) is 16.7 Å². The standard InChI is InChI=1S/C28H32ClFN6O2/c1-5-18-9-8-10-19(6-2)24(18)36-26-21(13-22(29)27(31-26)34-15-20(30)16-34)25(32-28(36)38)35-12-11-33(14-17(35)4)23(37)7-3/h7-10,13,17,20H,3,5-6,11-12,14-16H2,1-2,4H3/t17-/m0/s1. The fraction of sp³-hybridized carbons (Fsp3) is 0.429. The van der Waals surface area contributed by atoms with Crippen molar-refractivity contribution in [3.05, 3.63) is 63.6 Å². The minimum absolute atomic E-state index is 0.103. The average Bonchev–Trinajstić information content (AvgIpc) is 2.90. The molecule has 2 aromatic heterocycles. The first-order valence-corrected chi connectivity index (χ1v) is 13.5. The number of aryl methyl sites for hydroxylation is 2. The maximum absolute atomic E-state index is 13.9. The summed E-state index contributed by atoms with van der Waals surface area (Å²) in [4.78, 5) is 41.1. The number of alkyl halides is 1. The highest BCUT2D eigenvalue weighted by Gasteiger charge is 2.32. The Morgan fingerprint density at radius 3 is 2.39 bits per heavy atom. The van der Waals surface area contributed by atoms with E-state index >= 15 is 0 Å². The van der Waals surface area contributed by atoms with Crippen molar-refractivity contribution in [2.45, 2.75) is 45.8 Å². The predicted molar refractivity (Wildman–Crippen MR) is 150 cm³/mol. The van der Waals surface area contributed by atoms with Crippen LogP contribution in [0.2, 0.25) is 5.02 Å². The van der Waals surface area contributed by atoms with E-state index in [1.807, 2.05) is 30.0 Å². The molecule has 2 saturated heterocycles. The molecule has 1 amide bonds. The lowest BCUT2D eigenvalue weighted by atomic mass is 10.0. The Balaban J connectivity index is 1.74. The van der Waals surface area contributed by atoms with Gasteiger partial charge in [-0.05, 0) is 43.0 Å². The van der Waals surface area contributed by atoms with Gasteiger partial charge in [-0.3, -0.25) is 4.79 Å². The number of carbonyl (C=O) groups excluding carboxylic acids is 1. The molecule has 0 aliphatic carbocycles. The molecule has 0 spiro atoms.